The third-order valence-corrected chi connectivity index (χ3v) is 6.80. The number of nitrogens with one attached hydrogen (secondary N) is 1. The van der Waals surface area contributed by atoms with Crippen molar-refractivity contribution in [3.63, 3.8) is 0 Å². The van der Waals surface area contributed by atoms with Gasteiger partial charge in [-0.1, -0.05) is 24.3 Å². The molecule has 2 aliphatic heterocycles. The van der Waals surface area contributed by atoms with E-state index in [0.29, 0.717) is 19.5 Å². The number of nitrogens with zero attached hydrogens (tertiary/aromatic N) is 3. The van der Waals surface area contributed by atoms with Crippen LogP contribution in [0.4, 0.5) is 16.2 Å². The number of benzene rings is 2. The highest BCUT2D eigenvalue weighted by molar-refractivity contribution is 7.99. The minimum atomic E-state index is -0.0708. The number of rotatable bonds is 4. The lowest BCUT2D eigenvalue weighted by molar-refractivity contribution is -0.130. The van der Waals surface area contributed by atoms with Crippen molar-refractivity contribution >= 4 is 35.1 Å². The first-order chi connectivity index (χ1) is 15.1. The Hall–Kier alpha value is -2.67. The van der Waals surface area contributed by atoms with Crippen LogP contribution in [0.3, 0.4) is 0 Å². The van der Waals surface area contributed by atoms with Crippen LogP contribution >= 0.6 is 11.8 Å². The molecule has 2 aromatic rings. The Balaban J connectivity index is 1.25. The molecule has 0 bridgehead atoms. The van der Waals surface area contributed by atoms with Crippen molar-refractivity contribution in [2.24, 2.45) is 0 Å². The Kier molecular flexibility index (Phi) is 7.02. The van der Waals surface area contributed by atoms with E-state index in [1.165, 1.54) is 11.3 Å². The molecule has 0 radical (unpaired) electrons. The van der Waals surface area contributed by atoms with Crippen molar-refractivity contribution < 1.29 is 9.59 Å². The van der Waals surface area contributed by atoms with Crippen molar-refractivity contribution in [2.75, 3.05) is 61.0 Å². The fraction of sp³-hybridized carbons (Fsp3) is 0.417. The number of thioether (sulfide) groups is 1. The van der Waals surface area contributed by atoms with Gasteiger partial charge in [-0.2, -0.15) is 11.8 Å². The highest BCUT2D eigenvalue weighted by atomic mass is 32.2. The summed E-state index contributed by atoms with van der Waals surface area (Å²) in [5.41, 5.74) is 4.20. The lowest BCUT2D eigenvalue weighted by Gasteiger charge is -2.36. The van der Waals surface area contributed by atoms with Crippen LogP contribution in [-0.4, -0.2) is 72.5 Å². The summed E-state index contributed by atoms with van der Waals surface area (Å²) in [5.74, 6) is 2.23. The van der Waals surface area contributed by atoms with Crippen molar-refractivity contribution in [3.8, 4) is 0 Å². The standard InChI is InChI=1S/C24H30N4O2S/c1-19-3-2-4-22(17-19)26-9-11-28(12-10-26)24(30)25-21-7-5-20(6-8-21)18-23(29)27-13-15-31-16-14-27/h2-8,17H,9-16,18H2,1H3,(H,25,30). The smallest absolute Gasteiger partial charge is 0.321 e. The van der Waals surface area contributed by atoms with Crippen molar-refractivity contribution in [3.05, 3.63) is 59.7 Å². The van der Waals surface area contributed by atoms with Crippen LogP contribution in [0.1, 0.15) is 11.1 Å². The molecular formula is C24H30N4O2S. The van der Waals surface area contributed by atoms with E-state index in [2.05, 4.69) is 41.4 Å². The molecule has 2 fully saturated rings. The molecule has 31 heavy (non-hydrogen) atoms. The van der Waals surface area contributed by atoms with Gasteiger partial charge in [0.05, 0.1) is 6.42 Å². The number of carbonyl (C=O) groups excluding carboxylic acids is 2. The predicted octanol–water partition coefficient (Wildman–Crippen LogP) is 3.47. The number of aryl methyl sites for hydroxylation is 1. The first-order valence-corrected chi connectivity index (χ1v) is 12.1. The maximum absolute atomic E-state index is 12.7. The Bertz CT molecular complexity index is 904. The summed E-state index contributed by atoms with van der Waals surface area (Å²) in [7, 11) is 0. The molecule has 0 spiro atoms. The van der Waals surface area contributed by atoms with Gasteiger partial charge in [-0.15, -0.1) is 0 Å². The average molecular weight is 439 g/mol. The number of anilines is 2. The van der Waals surface area contributed by atoms with Crippen molar-refractivity contribution in [1.29, 1.82) is 0 Å². The molecule has 6 nitrogen and oxygen atoms in total. The van der Waals surface area contributed by atoms with E-state index >= 15 is 0 Å². The van der Waals surface area contributed by atoms with Crippen LogP contribution in [0.25, 0.3) is 0 Å². The van der Waals surface area contributed by atoms with E-state index in [4.69, 9.17) is 0 Å². The van der Waals surface area contributed by atoms with Crippen molar-refractivity contribution in [2.45, 2.75) is 13.3 Å². The number of hydrogen-bond donors (Lipinski definition) is 1. The molecule has 2 aromatic carbocycles. The topological polar surface area (TPSA) is 55.9 Å². The van der Waals surface area contributed by atoms with Gasteiger partial charge in [-0.3, -0.25) is 4.79 Å². The first kappa shape index (κ1) is 21.6. The van der Waals surface area contributed by atoms with Crippen LogP contribution in [-0.2, 0) is 11.2 Å². The van der Waals surface area contributed by atoms with E-state index in [1.807, 2.05) is 45.8 Å². The van der Waals surface area contributed by atoms with Gasteiger partial charge >= 0.3 is 6.03 Å². The van der Waals surface area contributed by atoms with Gasteiger partial charge in [0.15, 0.2) is 0 Å². The van der Waals surface area contributed by atoms with Gasteiger partial charge < -0.3 is 20.0 Å². The quantitative estimate of drug-likeness (QED) is 0.794. The molecule has 0 aromatic heterocycles. The van der Waals surface area contributed by atoms with Crippen LogP contribution in [0.5, 0.6) is 0 Å². The number of carbonyl (C=O) groups is 2. The average Bonchev–Trinajstić information content (AvgIpc) is 2.81. The van der Waals surface area contributed by atoms with Crippen LogP contribution in [0.15, 0.2) is 48.5 Å². The molecule has 0 atom stereocenters. The summed E-state index contributed by atoms with van der Waals surface area (Å²) in [6, 6.07) is 16.0. The van der Waals surface area contributed by atoms with Gasteiger partial charge in [0.25, 0.3) is 0 Å². The SMILES string of the molecule is Cc1cccc(N2CCN(C(=O)Nc3ccc(CC(=O)N4CCSCC4)cc3)CC2)c1. The van der Waals surface area contributed by atoms with E-state index in [0.717, 1.165) is 48.9 Å². The highest BCUT2D eigenvalue weighted by Gasteiger charge is 2.21. The minimum Gasteiger partial charge on any atom is -0.368 e. The van der Waals surface area contributed by atoms with Crippen molar-refractivity contribution in [1.82, 2.24) is 9.80 Å². The molecule has 0 saturated carbocycles. The lowest BCUT2D eigenvalue weighted by Crippen LogP contribution is -2.50. The second kappa shape index (κ2) is 10.1. The molecule has 2 saturated heterocycles. The summed E-state index contributed by atoms with van der Waals surface area (Å²) >= 11 is 1.90. The van der Waals surface area contributed by atoms with Crippen LogP contribution in [0.2, 0.25) is 0 Å². The Morgan fingerprint density at radius 3 is 2.29 bits per heavy atom. The molecule has 2 aliphatic rings. The molecule has 0 unspecified atom stereocenters. The Morgan fingerprint density at radius 1 is 0.903 bits per heavy atom. The van der Waals surface area contributed by atoms with E-state index in [-0.39, 0.29) is 11.9 Å². The second-order valence-electron chi connectivity index (χ2n) is 8.11. The first-order valence-electron chi connectivity index (χ1n) is 10.9. The molecule has 3 amide bonds. The summed E-state index contributed by atoms with van der Waals surface area (Å²) in [4.78, 5) is 31.2. The number of hydrogen-bond acceptors (Lipinski definition) is 4. The van der Waals surface area contributed by atoms with Crippen LogP contribution < -0.4 is 10.2 Å². The number of piperazine rings is 1. The molecule has 4 rings (SSSR count). The third kappa shape index (κ3) is 5.73. The lowest BCUT2D eigenvalue weighted by atomic mass is 10.1. The Morgan fingerprint density at radius 2 is 1.61 bits per heavy atom. The van der Waals surface area contributed by atoms with Gasteiger partial charge in [-0.25, -0.2) is 4.79 Å². The number of urea groups is 1. The Labute approximate surface area is 188 Å². The maximum atomic E-state index is 12.7. The fourth-order valence-corrected chi connectivity index (χ4v) is 4.90. The molecule has 2 heterocycles. The van der Waals surface area contributed by atoms with E-state index < -0.39 is 0 Å². The monoisotopic (exact) mass is 438 g/mol. The van der Waals surface area contributed by atoms with Gasteiger partial charge in [-0.05, 0) is 42.3 Å². The molecule has 164 valence electrons. The summed E-state index contributed by atoms with van der Waals surface area (Å²) in [6.07, 6.45) is 0.416. The highest BCUT2D eigenvalue weighted by Crippen LogP contribution is 2.19. The molecule has 1 N–H and O–H groups in total. The largest absolute Gasteiger partial charge is 0.368 e. The summed E-state index contributed by atoms with van der Waals surface area (Å²) in [6.45, 7) is 6.82. The second-order valence-corrected chi connectivity index (χ2v) is 9.33. The van der Waals surface area contributed by atoms with Crippen LogP contribution in [0, 0.1) is 6.92 Å². The van der Waals surface area contributed by atoms with E-state index in [9.17, 15) is 9.59 Å². The molecule has 7 heteroatoms. The van der Waals surface area contributed by atoms with Gasteiger partial charge in [0.2, 0.25) is 5.91 Å². The predicted molar refractivity (Wildman–Crippen MR) is 128 cm³/mol. The summed E-state index contributed by atoms with van der Waals surface area (Å²) < 4.78 is 0. The zero-order valence-electron chi connectivity index (χ0n) is 18.0. The maximum Gasteiger partial charge on any atom is 0.321 e. The zero-order valence-corrected chi connectivity index (χ0v) is 18.9. The van der Waals surface area contributed by atoms with Gasteiger partial charge in [0, 0.05) is 62.1 Å². The van der Waals surface area contributed by atoms with Gasteiger partial charge in [0.1, 0.15) is 0 Å². The number of amides is 3. The fourth-order valence-electron chi connectivity index (χ4n) is 4.00. The third-order valence-electron chi connectivity index (χ3n) is 5.86. The van der Waals surface area contributed by atoms with E-state index in [1.54, 1.807) is 0 Å². The zero-order chi connectivity index (χ0) is 21.6. The molecule has 0 aliphatic carbocycles. The molecular weight excluding hydrogens is 408 g/mol. The normalized spacial score (nSPS) is 16.9. The minimum absolute atomic E-state index is 0.0708. The summed E-state index contributed by atoms with van der Waals surface area (Å²) in [5, 5.41) is 2.99.